The molecule has 1 N–H and O–H groups in total. The smallest absolute Gasteiger partial charge is 0.433 e. The number of alkyl halides is 3. The van der Waals surface area contributed by atoms with Gasteiger partial charge in [0.25, 0.3) is 5.91 Å². The lowest BCUT2D eigenvalue weighted by molar-refractivity contribution is -0.147. The van der Waals surface area contributed by atoms with Crippen molar-refractivity contribution in [3.05, 3.63) is 29.1 Å². The number of carboxylic acids is 1. The van der Waals surface area contributed by atoms with E-state index in [-0.39, 0.29) is 31.0 Å². The molecule has 22 heavy (non-hydrogen) atoms. The maximum atomic E-state index is 12.6. The van der Waals surface area contributed by atoms with Gasteiger partial charge in [-0.25, -0.2) is 9.78 Å². The number of ether oxygens (including phenoxy) is 1. The number of nitrogens with zero attached hydrogens (tertiary/aromatic N) is 2. The largest absolute Gasteiger partial charge is 0.480 e. The summed E-state index contributed by atoms with van der Waals surface area (Å²) in [6, 6.07) is 0.557. The number of pyridine rings is 1. The normalized spacial score (nSPS) is 19.1. The fourth-order valence-electron chi connectivity index (χ4n) is 2.15. The maximum Gasteiger partial charge on any atom is 0.433 e. The number of aliphatic carboxylic acids is 1. The molecule has 2 rings (SSSR count). The van der Waals surface area contributed by atoms with Gasteiger partial charge in [-0.05, 0) is 19.1 Å². The third-order valence-corrected chi connectivity index (χ3v) is 3.28. The Morgan fingerprint density at radius 1 is 1.41 bits per heavy atom. The van der Waals surface area contributed by atoms with Crippen molar-refractivity contribution in [2.75, 3.05) is 19.8 Å². The van der Waals surface area contributed by atoms with E-state index in [9.17, 15) is 22.8 Å². The molecule has 120 valence electrons. The number of morpholine rings is 1. The quantitative estimate of drug-likeness (QED) is 0.890. The average Bonchev–Trinajstić information content (AvgIpc) is 2.45. The zero-order valence-corrected chi connectivity index (χ0v) is 11.6. The molecule has 0 bridgehead atoms. The summed E-state index contributed by atoms with van der Waals surface area (Å²) in [7, 11) is 0. The van der Waals surface area contributed by atoms with Crippen molar-refractivity contribution >= 4 is 11.9 Å². The van der Waals surface area contributed by atoms with Crippen LogP contribution < -0.4 is 0 Å². The number of carbonyl (C=O) groups excluding carboxylic acids is 1. The molecular weight excluding hydrogens is 305 g/mol. The summed E-state index contributed by atoms with van der Waals surface area (Å²) in [5.41, 5.74) is -1.25. The predicted octanol–water partition coefficient (Wildman–Crippen LogP) is 1.33. The molecule has 1 aromatic rings. The van der Waals surface area contributed by atoms with E-state index < -0.39 is 29.8 Å². The SMILES string of the molecule is Cc1nc(C(F)(F)F)ccc1C(=O)N1CCOCC1C(=O)O. The van der Waals surface area contributed by atoms with Crippen LogP contribution in [0.2, 0.25) is 0 Å². The van der Waals surface area contributed by atoms with E-state index in [1.165, 1.54) is 6.92 Å². The summed E-state index contributed by atoms with van der Waals surface area (Å²) >= 11 is 0. The molecule has 0 spiro atoms. The van der Waals surface area contributed by atoms with Gasteiger partial charge in [0, 0.05) is 6.54 Å². The second kappa shape index (κ2) is 5.91. The Morgan fingerprint density at radius 2 is 2.09 bits per heavy atom. The van der Waals surface area contributed by atoms with Crippen molar-refractivity contribution in [1.82, 2.24) is 9.88 Å². The Kier molecular flexibility index (Phi) is 4.36. The van der Waals surface area contributed by atoms with Crippen LogP contribution in [-0.2, 0) is 15.7 Å². The van der Waals surface area contributed by atoms with Crippen molar-refractivity contribution in [1.29, 1.82) is 0 Å². The molecule has 1 unspecified atom stereocenters. The molecule has 6 nitrogen and oxygen atoms in total. The molecule has 0 radical (unpaired) electrons. The topological polar surface area (TPSA) is 79.7 Å². The van der Waals surface area contributed by atoms with Crippen molar-refractivity contribution in [3.63, 3.8) is 0 Å². The van der Waals surface area contributed by atoms with Gasteiger partial charge in [-0.15, -0.1) is 0 Å². The number of hydrogen-bond donors (Lipinski definition) is 1. The van der Waals surface area contributed by atoms with Gasteiger partial charge in [0.15, 0.2) is 6.04 Å². The van der Waals surface area contributed by atoms with Crippen molar-refractivity contribution in [2.24, 2.45) is 0 Å². The van der Waals surface area contributed by atoms with Gasteiger partial charge in [0.05, 0.1) is 24.5 Å². The monoisotopic (exact) mass is 318 g/mol. The van der Waals surface area contributed by atoms with Gasteiger partial charge in [0.2, 0.25) is 0 Å². The van der Waals surface area contributed by atoms with E-state index in [4.69, 9.17) is 9.84 Å². The van der Waals surface area contributed by atoms with Crippen LogP contribution in [0.3, 0.4) is 0 Å². The van der Waals surface area contributed by atoms with Crippen LogP contribution in [0.5, 0.6) is 0 Å². The van der Waals surface area contributed by atoms with Crippen LogP contribution in [0.15, 0.2) is 12.1 Å². The molecule has 1 atom stereocenters. The summed E-state index contributed by atoms with van der Waals surface area (Å²) in [5.74, 6) is -1.90. The van der Waals surface area contributed by atoms with Crippen LogP contribution in [0.25, 0.3) is 0 Å². The van der Waals surface area contributed by atoms with Crippen LogP contribution in [0, 0.1) is 6.92 Å². The highest BCUT2D eigenvalue weighted by Gasteiger charge is 2.36. The van der Waals surface area contributed by atoms with E-state index in [0.29, 0.717) is 6.07 Å². The first kappa shape index (κ1) is 16.2. The van der Waals surface area contributed by atoms with E-state index in [2.05, 4.69) is 4.98 Å². The lowest BCUT2D eigenvalue weighted by atomic mass is 10.1. The number of halogens is 3. The Morgan fingerprint density at radius 3 is 2.64 bits per heavy atom. The molecule has 1 aliphatic rings. The van der Waals surface area contributed by atoms with Gasteiger partial charge in [-0.2, -0.15) is 13.2 Å². The maximum absolute atomic E-state index is 12.6. The Bertz CT molecular complexity index is 603. The fraction of sp³-hybridized carbons (Fsp3) is 0.462. The van der Waals surface area contributed by atoms with E-state index in [0.717, 1.165) is 11.0 Å². The number of aromatic nitrogens is 1. The Hall–Kier alpha value is -2.16. The summed E-state index contributed by atoms with van der Waals surface area (Å²) in [6.45, 7) is 1.34. The van der Waals surface area contributed by atoms with Crippen molar-refractivity contribution < 1.29 is 32.6 Å². The first-order chi connectivity index (χ1) is 10.2. The molecule has 0 aromatic carbocycles. The molecule has 1 saturated heterocycles. The molecule has 1 aliphatic heterocycles. The first-order valence-electron chi connectivity index (χ1n) is 6.38. The van der Waals surface area contributed by atoms with Gasteiger partial charge in [-0.1, -0.05) is 0 Å². The second-order valence-electron chi connectivity index (χ2n) is 4.75. The predicted molar refractivity (Wildman–Crippen MR) is 67.3 cm³/mol. The average molecular weight is 318 g/mol. The van der Waals surface area contributed by atoms with Crippen LogP contribution >= 0.6 is 0 Å². The third kappa shape index (κ3) is 3.19. The molecule has 0 saturated carbocycles. The van der Waals surface area contributed by atoms with E-state index >= 15 is 0 Å². The Labute approximate surface area is 123 Å². The minimum Gasteiger partial charge on any atom is -0.480 e. The molecule has 9 heteroatoms. The summed E-state index contributed by atoms with van der Waals surface area (Å²) in [5, 5.41) is 9.09. The lowest BCUT2D eigenvalue weighted by Crippen LogP contribution is -2.52. The summed E-state index contributed by atoms with van der Waals surface area (Å²) in [4.78, 5) is 28.0. The molecule has 1 aromatic heterocycles. The zero-order valence-electron chi connectivity index (χ0n) is 11.6. The number of carboxylic acid groups (broad SMARTS) is 1. The number of amides is 1. The molecule has 1 amide bonds. The Balaban J connectivity index is 2.31. The fourth-order valence-corrected chi connectivity index (χ4v) is 2.15. The summed E-state index contributed by atoms with van der Waals surface area (Å²) in [6.07, 6.45) is -4.60. The van der Waals surface area contributed by atoms with Gasteiger partial charge in [0.1, 0.15) is 5.69 Å². The number of rotatable bonds is 2. The highest BCUT2D eigenvalue weighted by atomic mass is 19.4. The number of carbonyl (C=O) groups is 2. The minimum atomic E-state index is -4.60. The molecule has 1 fully saturated rings. The van der Waals surface area contributed by atoms with Crippen LogP contribution in [0.4, 0.5) is 13.2 Å². The van der Waals surface area contributed by atoms with Gasteiger partial charge < -0.3 is 14.7 Å². The van der Waals surface area contributed by atoms with E-state index in [1.54, 1.807) is 0 Å². The lowest BCUT2D eigenvalue weighted by Gasteiger charge is -2.33. The third-order valence-electron chi connectivity index (χ3n) is 3.28. The second-order valence-corrected chi connectivity index (χ2v) is 4.75. The number of hydrogen-bond acceptors (Lipinski definition) is 4. The highest BCUT2D eigenvalue weighted by molar-refractivity contribution is 5.97. The highest BCUT2D eigenvalue weighted by Crippen LogP contribution is 2.28. The molecule has 0 aliphatic carbocycles. The van der Waals surface area contributed by atoms with Gasteiger partial charge in [-0.3, -0.25) is 4.79 Å². The standard InChI is InChI=1S/C13H13F3N2O4/c1-7-8(2-3-10(17-7)13(14,15)16)11(19)18-4-5-22-6-9(18)12(20)21/h2-3,9H,4-6H2,1H3,(H,20,21). The van der Waals surface area contributed by atoms with E-state index in [1.807, 2.05) is 0 Å². The zero-order chi connectivity index (χ0) is 16.5. The molecule has 2 heterocycles. The van der Waals surface area contributed by atoms with Gasteiger partial charge >= 0.3 is 12.1 Å². The van der Waals surface area contributed by atoms with Crippen molar-refractivity contribution in [3.8, 4) is 0 Å². The molecular formula is C13H13F3N2O4. The summed E-state index contributed by atoms with van der Waals surface area (Å²) < 4.78 is 42.7. The minimum absolute atomic E-state index is 0.0518. The van der Waals surface area contributed by atoms with Crippen molar-refractivity contribution in [2.45, 2.75) is 19.1 Å². The van der Waals surface area contributed by atoms with Crippen LogP contribution in [-0.4, -0.2) is 52.7 Å². The number of aryl methyl sites for hydroxylation is 1. The first-order valence-corrected chi connectivity index (χ1v) is 6.38. The van der Waals surface area contributed by atoms with Crippen LogP contribution in [0.1, 0.15) is 21.7 Å².